The Hall–Kier alpha value is -4.26. The fraction of sp³-hybridized carbons (Fsp3) is 0.731. The van der Waals surface area contributed by atoms with Crippen molar-refractivity contribution in [2.24, 2.45) is 35.5 Å². The number of ether oxygens (including phenoxy) is 5. The summed E-state index contributed by atoms with van der Waals surface area (Å²) in [7, 11) is 4.61. The van der Waals surface area contributed by atoms with Gasteiger partial charge in [-0.2, -0.15) is 4.80 Å². The Kier molecular flexibility index (Phi) is 20.8. The van der Waals surface area contributed by atoms with Gasteiger partial charge in [0.05, 0.1) is 24.4 Å². The van der Waals surface area contributed by atoms with Crippen LogP contribution < -0.4 is 0 Å². The zero-order chi connectivity index (χ0) is 50.6. The van der Waals surface area contributed by atoms with Gasteiger partial charge >= 0.3 is 5.97 Å². The molecule has 0 radical (unpaired) electrons. The standard InChI is InChI=1S/C52H79N5O12/c1-31-16-12-11-13-17-32(2)43(65-8)28-39-21-19-37(7)52(64,69-39)49(61)50(62)56-23-15-14-18-41(56)51(63)68-44(34(4)26-38-20-22-40(45(27-38)66-9)57-54-30-53-55-57)29-42(58)33(3)25-36(6)47(60)48(67-10)46(59)35(5)24-31/h11-13,16-17,25,30-31,33-35,37-41,43-45,47-48,60,64H,14-15,18-24,26-29H2,1-10H3/b13-11+,16-12+,32-17+,36-25+/t31-,33-,34-,35+,37-,38+,39+,40-,41?,43+,44+,45-,47-,48+,52-/m1/s1. The molecule has 17 nitrogen and oxygen atoms in total. The number of Topliss-reactive ketones (excluding diaryl/α,β-unsaturated/α-hetero) is 3. The molecule has 384 valence electrons. The lowest BCUT2D eigenvalue weighted by molar-refractivity contribution is -0.265. The Morgan fingerprint density at radius 2 is 1.64 bits per heavy atom. The van der Waals surface area contributed by atoms with Crippen molar-refractivity contribution in [1.29, 1.82) is 0 Å². The van der Waals surface area contributed by atoms with E-state index in [1.54, 1.807) is 45.9 Å². The third-order valence-corrected chi connectivity index (χ3v) is 15.1. The number of methoxy groups -OCH3 is 3. The lowest BCUT2D eigenvalue weighted by atomic mass is 9.77. The number of rotatable bonds is 7. The van der Waals surface area contributed by atoms with Crippen LogP contribution in [-0.2, 0) is 47.7 Å². The van der Waals surface area contributed by atoms with Crippen molar-refractivity contribution >= 4 is 29.2 Å². The highest BCUT2D eigenvalue weighted by atomic mass is 16.6. The number of piperidine rings is 1. The number of cyclic esters (lactones) is 1. The molecule has 69 heavy (non-hydrogen) atoms. The molecule has 1 aromatic heterocycles. The second kappa shape index (κ2) is 25.7. The molecule has 2 N–H and O–H groups in total. The number of aromatic nitrogens is 4. The molecule has 1 aromatic rings. The molecular weight excluding hydrogens is 887 g/mol. The van der Waals surface area contributed by atoms with E-state index in [4.69, 9.17) is 23.7 Å². The van der Waals surface area contributed by atoms with Crippen molar-refractivity contribution in [3.63, 3.8) is 0 Å². The van der Waals surface area contributed by atoms with Gasteiger partial charge in [-0.3, -0.25) is 19.2 Å². The smallest absolute Gasteiger partial charge is 0.329 e. The fourth-order valence-corrected chi connectivity index (χ4v) is 10.7. The number of allylic oxidation sites excluding steroid dienone is 6. The Balaban J connectivity index is 1.46. The van der Waals surface area contributed by atoms with Crippen LogP contribution in [0.2, 0.25) is 0 Å². The van der Waals surface area contributed by atoms with Crippen LogP contribution in [0, 0.1) is 35.5 Å². The van der Waals surface area contributed by atoms with Crippen LogP contribution in [0.5, 0.6) is 0 Å². The summed E-state index contributed by atoms with van der Waals surface area (Å²) in [5.74, 6) is -7.94. The number of carbonyl (C=O) groups excluding carboxylic acids is 5. The van der Waals surface area contributed by atoms with Crippen LogP contribution in [0.25, 0.3) is 0 Å². The minimum atomic E-state index is -2.43. The molecule has 3 aliphatic heterocycles. The maximum absolute atomic E-state index is 14.5. The molecule has 1 amide bonds. The molecule has 1 aliphatic carbocycles. The van der Waals surface area contributed by atoms with Crippen molar-refractivity contribution in [2.45, 2.75) is 180 Å². The maximum Gasteiger partial charge on any atom is 0.329 e. The zero-order valence-electron chi connectivity index (χ0n) is 42.5. The average molecular weight is 966 g/mol. The molecule has 1 unspecified atom stereocenters. The van der Waals surface area contributed by atoms with Gasteiger partial charge < -0.3 is 38.8 Å². The summed E-state index contributed by atoms with van der Waals surface area (Å²) >= 11 is 0. The van der Waals surface area contributed by atoms with Crippen LogP contribution >= 0.6 is 0 Å². The normalized spacial score (nSPS) is 38.8. The van der Waals surface area contributed by atoms with E-state index in [9.17, 15) is 34.2 Å². The van der Waals surface area contributed by atoms with Gasteiger partial charge in [-0.05, 0) is 112 Å². The second-order valence-electron chi connectivity index (χ2n) is 20.3. The number of hydrogen-bond acceptors (Lipinski definition) is 15. The molecule has 4 aliphatic rings. The Morgan fingerprint density at radius 1 is 0.884 bits per heavy atom. The summed E-state index contributed by atoms with van der Waals surface area (Å²) in [5.41, 5.74) is 1.27. The van der Waals surface area contributed by atoms with E-state index in [0.29, 0.717) is 56.9 Å². The van der Waals surface area contributed by atoms with Crippen LogP contribution in [0.15, 0.2) is 53.9 Å². The first-order chi connectivity index (χ1) is 32.8. The Morgan fingerprint density at radius 3 is 2.32 bits per heavy atom. The molecule has 1 saturated carbocycles. The van der Waals surface area contributed by atoms with Crippen LogP contribution in [0.3, 0.4) is 0 Å². The summed E-state index contributed by atoms with van der Waals surface area (Å²) in [4.78, 5) is 73.9. The lowest BCUT2D eigenvalue weighted by Gasteiger charge is -2.42. The van der Waals surface area contributed by atoms with Gasteiger partial charge in [0.1, 0.15) is 30.1 Å². The number of hydrogen-bond donors (Lipinski definition) is 2. The summed E-state index contributed by atoms with van der Waals surface area (Å²) in [5, 5.41) is 35.7. The van der Waals surface area contributed by atoms with E-state index < -0.39 is 77.8 Å². The third-order valence-electron chi connectivity index (χ3n) is 15.1. The predicted octanol–water partition coefficient (Wildman–Crippen LogP) is 6.05. The van der Waals surface area contributed by atoms with Gasteiger partial charge in [0.25, 0.3) is 11.7 Å². The third kappa shape index (κ3) is 14.2. The Labute approximate surface area is 408 Å². The Bertz CT molecular complexity index is 2020. The topological polar surface area (TPSA) is 219 Å². The van der Waals surface area contributed by atoms with Gasteiger partial charge in [-0.1, -0.05) is 71.1 Å². The van der Waals surface area contributed by atoms with Crippen molar-refractivity contribution in [2.75, 3.05) is 27.9 Å². The van der Waals surface area contributed by atoms with E-state index in [2.05, 4.69) is 15.4 Å². The van der Waals surface area contributed by atoms with Crippen LogP contribution in [0.4, 0.5) is 0 Å². The van der Waals surface area contributed by atoms with Crippen LogP contribution in [0.1, 0.15) is 132 Å². The molecule has 0 spiro atoms. The van der Waals surface area contributed by atoms with Gasteiger partial charge in [0.2, 0.25) is 5.79 Å². The molecule has 4 heterocycles. The average Bonchev–Trinajstić information content (AvgIpc) is 3.88. The monoisotopic (exact) mass is 966 g/mol. The number of fused-ring (bicyclic) bond motifs is 3. The number of aliphatic hydroxyl groups excluding tert-OH is 1. The van der Waals surface area contributed by atoms with Crippen molar-refractivity contribution < 1.29 is 57.9 Å². The highest BCUT2D eigenvalue weighted by Crippen LogP contribution is 2.39. The number of aliphatic hydroxyl groups is 2. The van der Waals surface area contributed by atoms with Crippen molar-refractivity contribution in [3.05, 3.63) is 53.9 Å². The number of nitrogens with zero attached hydrogens (tertiary/aromatic N) is 5. The maximum atomic E-state index is 14.5. The second-order valence-corrected chi connectivity index (χ2v) is 20.3. The van der Waals surface area contributed by atoms with E-state index in [-0.39, 0.29) is 60.9 Å². The molecule has 5 rings (SSSR count). The molecule has 15 atom stereocenters. The summed E-state index contributed by atoms with van der Waals surface area (Å²) in [6.45, 7) is 12.8. The predicted molar refractivity (Wildman–Crippen MR) is 256 cm³/mol. The number of carbonyl (C=O) groups is 5. The number of tetrazole rings is 1. The molecule has 0 aromatic carbocycles. The summed E-state index contributed by atoms with van der Waals surface area (Å²) in [6.07, 6.45) is 13.7. The van der Waals surface area contributed by atoms with Crippen molar-refractivity contribution in [3.8, 4) is 0 Å². The molecule has 17 heteroatoms. The first-order valence-electron chi connectivity index (χ1n) is 25.0. The quantitative estimate of drug-likeness (QED) is 0.181. The first-order valence-corrected chi connectivity index (χ1v) is 25.0. The van der Waals surface area contributed by atoms with E-state index in [1.165, 1.54) is 18.3 Å². The lowest BCUT2D eigenvalue weighted by Crippen LogP contribution is -2.61. The number of ketones is 3. The largest absolute Gasteiger partial charge is 0.460 e. The minimum absolute atomic E-state index is 0.0168. The molecule has 3 fully saturated rings. The van der Waals surface area contributed by atoms with E-state index >= 15 is 0 Å². The van der Waals surface area contributed by atoms with Gasteiger partial charge in [0, 0.05) is 58.5 Å². The summed E-state index contributed by atoms with van der Waals surface area (Å²) < 4.78 is 29.9. The van der Waals surface area contributed by atoms with Gasteiger partial charge in [-0.15, -0.1) is 10.2 Å². The van der Waals surface area contributed by atoms with Crippen molar-refractivity contribution in [1.82, 2.24) is 25.1 Å². The molecule has 2 saturated heterocycles. The highest BCUT2D eigenvalue weighted by Gasteiger charge is 2.53. The van der Waals surface area contributed by atoms with Crippen LogP contribution in [-0.4, -0.2) is 141 Å². The van der Waals surface area contributed by atoms with Gasteiger partial charge in [-0.25, -0.2) is 4.79 Å². The summed E-state index contributed by atoms with van der Waals surface area (Å²) in [6, 6.07) is -1.24. The minimum Gasteiger partial charge on any atom is -0.460 e. The van der Waals surface area contributed by atoms with Gasteiger partial charge in [0.15, 0.2) is 12.1 Å². The SMILES string of the molecule is CO[C@H]1C[C@@H]2CC[C@@H](C)[C@@](O)(O2)C(=O)C(=O)N2CCCCC2C(=O)O[C@H]([C@H](C)C[C@@H]2CC[C@@H](n3ncnn3)[C@H](OC)C2)CC(=O)[C@H](C)/C=C(\C)[C@@H](O)[C@@H](OC)C(=O)[C@@H](C)C[C@H](C)/C=C/C=C/C=C/1C. The molecular formula is C52H79N5O12. The highest BCUT2D eigenvalue weighted by molar-refractivity contribution is 6.39. The van der Waals surface area contributed by atoms with E-state index in [0.717, 1.165) is 18.4 Å². The first kappa shape index (κ1) is 55.7. The molecule has 2 bridgehead atoms. The fourth-order valence-electron chi connectivity index (χ4n) is 10.7. The number of esters is 1. The number of amides is 1. The zero-order valence-corrected chi connectivity index (χ0v) is 42.5. The van der Waals surface area contributed by atoms with E-state index in [1.807, 2.05) is 58.1 Å².